The van der Waals surface area contributed by atoms with E-state index >= 15 is 0 Å². The van der Waals surface area contributed by atoms with Crippen LogP contribution in [0, 0.1) is 0 Å². The zero-order chi connectivity index (χ0) is 17.4. The second-order valence-corrected chi connectivity index (χ2v) is 6.02. The van der Waals surface area contributed by atoms with Gasteiger partial charge in [-0.05, 0) is 49.7 Å². The van der Waals surface area contributed by atoms with Crippen LogP contribution in [-0.2, 0) is 9.53 Å². The van der Waals surface area contributed by atoms with E-state index in [0.717, 1.165) is 43.7 Å². The van der Waals surface area contributed by atoms with E-state index in [9.17, 15) is 4.79 Å². The van der Waals surface area contributed by atoms with Gasteiger partial charge in [-0.2, -0.15) is 0 Å². The van der Waals surface area contributed by atoms with Gasteiger partial charge in [0.05, 0.1) is 12.8 Å². The average molecular weight is 351 g/mol. The molecule has 0 bridgehead atoms. The van der Waals surface area contributed by atoms with Crippen molar-refractivity contribution in [3.8, 4) is 5.75 Å². The van der Waals surface area contributed by atoms with Crippen molar-refractivity contribution < 1.29 is 14.3 Å². The van der Waals surface area contributed by atoms with Gasteiger partial charge >= 0.3 is 0 Å². The molecule has 0 saturated carbocycles. The van der Waals surface area contributed by atoms with E-state index in [4.69, 9.17) is 21.7 Å². The van der Waals surface area contributed by atoms with Crippen LogP contribution in [0.4, 0.5) is 11.4 Å². The number of thiocarbonyl (C=S) groups is 1. The number of anilines is 2. The number of methoxy groups -OCH3 is 2. The van der Waals surface area contributed by atoms with E-state index in [2.05, 4.69) is 10.6 Å². The molecule has 1 aromatic rings. The predicted molar refractivity (Wildman–Crippen MR) is 99.9 cm³/mol. The van der Waals surface area contributed by atoms with Gasteiger partial charge in [-0.25, -0.2) is 0 Å². The van der Waals surface area contributed by atoms with Crippen molar-refractivity contribution in [2.45, 2.75) is 25.7 Å². The molecule has 0 radical (unpaired) electrons. The maximum absolute atomic E-state index is 12.2. The Hall–Kier alpha value is -1.86. The minimum atomic E-state index is 0.136. The number of amides is 1. The Kier molecular flexibility index (Phi) is 7.27. The van der Waals surface area contributed by atoms with E-state index in [1.807, 2.05) is 18.2 Å². The predicted octanol–water partition coefficient (Wildman–Crippen LogP) is 2.54. The normalized spacial score (nSPS) is 14.4. The highest BCUT2D eigenvalue weighted by atomic mass is 32.1. The van der Waals surface area contributed by atoms with Gasteiger partial charge in [0.1, 0.15) is 5.75 Å². The molecule has 1 saturated heterocycles. The summed E-state index contributed by atoms with van der Waals surface area (Å²) in [5.41, 5.74) is 1.61. The molecule has 1 fully saturated rings. The molecule has 0 spiro atoms. The number of ether oxygens (including phenoxy) is 2. The first-order valence-electron chi connectivity index (χ1n) is 8.18. The number of hydrogen-bond donors (Lipinski definition) is 2. The molecule has 0 aromatic heterocycles. The molecule has 2 N–H and O–H groups in total. The third-order valence-electron chi connectivity index (χ3n) is 3.86. The van der Waals surface area contributed by atoms with Crippen LogP contribution < -0.4 is 20.3 Å². The number of nitrogens with one attached hydrogen (secondary N) is 2. The van der Waals surface area contributed by atoms with Crippen LogP contribution in [0.3, 0.4) is 0 Å². The summed E-state index contributed by atoms with van der Waals surface area (Å²) in [6, 6.07) is 5.65. The second-order valence-electron chi connectivity index (χ2n) is 5.62. The summed E-state index contributed by atoms with van der Waals surface area (Å²) in [4.78, 5) is 14.0. The highest BCUT2D eigenvalue weighted by Crippen LogP contribution is 2.33. The van der Waals surface area contributed by atoms with Crippen LogP contribution in [0.15, 0.2) is 18.2 Å². The molecule has 0 aliphatic carbocycles. The lowest BCUT2D eigenvalue weighted by molar-refractivity contribution is -0.119. The highest BCUT2D eigenvalue weighted by Gasteiger charge is 2.22. The number of hydrogen-bond acceptors (Lipinski definition) is 4. The van der Waals surface area contributed by atoms with Crippen LogP contribution in [0.1, 0.15) is 25.7 Å². The van der Waals surface area contributed by atoms with Crippen LogP contribution in [0.25, 0.3) is 0 Å². The third kappa shape index (κ3) is 5.07. The smallest absolute Gasteiger partial charge is 0.227 e. The van der Waals surface area contributed by atoms with Gasteiger partial charge in [-0.3, -0.25) is 4.79 Å². The van der Waals surface area contributed by atoms with Gasteiger partial charge in [0.2, 0.25) is 5.91 Å². The lowest BCUT2D eigenvalue weighted by atomic mass is 10.1. The Morgan fingerprint density at radius 3 is 2.88 bits per heavy atom. The summed E-state index contributed by atoms with van der Waals surface area (Å²) < 4.78 is 10.4. The Morgan fingerprint density at radius 1 is 1.33 bits per heavy atom. The molecule has 132 valence electrons. The van der Waals surface area contributed by atoms with Gasteiger partial charge in [0, 0.05) is 38.9 Å². The van der Waals surface area contributed by atoms with Crippen molar-refractivity contribution in [3.63, 3.8) is 0 Å². The van der Waals surface area contributed by atoms with E-state index in [0.29, 0.717) is 23.9 Å². The lowest BCUT2D eigenvalue weighted by Gasteiger charge is -2.28. The Balaban J connectivity index is 2.05. The minimum Gasteiger partial charge on any atom is -0.495 e. The lowest BCUT2D eigenvalue weighted by Crippen LogP contribution is -2.35. The maximum Gasteiger partial charge on any atom is 0.227 e. The van der Waals surface area contributed by atoms with Crippen LogP contribution in [0.5, 0.6) is 5.75 Å². The molecule has 2 rings (SSSR count). The molecular weight excluding hydrogens is 326 g/mol. The van der Waals surface area contributed by atoms with Gasteiger partial charge in [-0.1, -0.05) is 0 Å². The average Bonchev–Trinajstić information content (AvgIpc) is 2.59. The summed E-state index contributed by atoms with van der Waals surface area (Å²) in [6.45, 7) is 2.16. The second kappa shape index (κ2) is 9.44. The standard InChI is InChI=1S/C17H25N3O3S/c1-22-11-5-9-18-17(24)19-13-7-8-15(23-2)14(12-13)20-10-4-3-6-16(20)21/h7-8,12H,3-6,9-11H2,1-2H3,(H2,18,19,24). The third-order valence-corrected chi connectivity index (χ3v) is 4.11. The largest absolute Gasteiger partial charge is 0.495 e. The fourth-order valence-electron chi connectivity index (χ4n) is 2.63. The van der Waals surface area contributed by atoms with Gasteiger partial charge in [0.25, 0.3) is 0 Å². The SMILES string of the molecule is COCCCNC(=S)Nc1ccc(OC)c(N2CCCCC2=O)c1. The summed E-state index contributed by atoms with van der Waals surface area (Å²) >= 11 is 5.29. The number of carbonyl (C=O) groups is 1. The van der Waals surface area contributed by atoms with E-state index < -0.39 is 0 Å². The monoisotopic (exact) mass is 351 g/mol. The van der Waals surface area contributed by atoms with Crippen molar-refractivity contribution in [2.75, 3.05) is 44.1 Å². The van der Waals surface area contributed by atoms with Crippen molar-refractivity contribution in [1.29, 1.82) is 0 Å². The molecule has 1 aromatic carbocycles. The molecular formula is C17H25N3O3S. The van der Waals surface area contributed by atoms with Crippen molar-refractivity contribution >= 4 is 34.6 Å². The molecule has 1 aliphatic rings. The van der Waals surface area contributed by atoms with E-state index in [1.165, 1.54) is 0 Å². The van der Waals surface area contributed by atoms with E-state index in [1.54, 1.807) is 19.1 Å². The van der Waals surface area contributed by atoms with Crippen molar-refractivity contribution in [1.82, 2.24) is 5.32 Å². The van der Waals surface area contributed by atoms with Crippen LogP contribution in [-0.4, -0.2) is 44.9 Å². The first-order chi connectivity index (χ1) is 11.7. The van der Waals surface area contributed by atoms with Crippen molar-refractivity contribution in [2.24, 2.45) is 0 Å². The summed E-state index contributed by atoms with van der Waals surface area (Å²) in [5, 5.41) is 6.83. The number of nitrogens with zero attached hydrogens (tertiary/aromatic N) is 1. The fourth-order valence-corrected chi connectivity index (χ4v) is 2.85. The van der Waals surface area contributed by atoms with Gasteiger partial charge in [-0.15, -0.1) is 0 Å². The summed E-state index contributed by atoms with van der Waals surface area (Å²) in [5.74, 6) is 0.826. The molecule has 0 atom stereocenters. The highest BCUT2D eigenvalue weighted by molar-refractivity contribution is 7.80. The Labute approximate surface area is 148 Å². The zero-order valence-corrected chi connectivity index (χ0v) is 15.1. The van der Waals surface area contributed by atoms with Crippen LogP contribution in [0.2, 0.25) is 0 Å². The summed E-state index contributed by atoms with van der Waals surface area (Å²) in [6.07, 6.45) is 3.42. The molecule has 7 heteroatoms. The quantitative estimate of drug-likeness (QED) is 0.581. The van der Waals surface area contributed by atoms with Crippen molar-refractivity contribution in [3.05, 3.63) is 18.2 Å². The van der Waals surface area contributed by atoms with E-state index in [-0.39, 0.29) is 5.91 Å². The summed E-state index contributed by atoms with van der Waals surface area (Å²) in [7, 11) is 3.29. The molecule has 24 heavy (non-hydrogen) atoms. The number of piperidine rings is 1. The number of rotatable bonds is 7. The maximum atomic E-state index is 12.2. The Bertz CT molecular complexity index is 580. The Morgan fingerprint density at radius 2 is 2.17 bits per heavy atom. The molecule has 1 aliphatic heterocycles. The van der Waals surface area contributed by atoms with Gasteiger partial charge < -0.3 is 25.0 Å². The van der Waals surface area contributed by atoms with Crippen LogP contribution >= 0.6 is 12.2 Å². The topological polar surface area (TPSA) is 62.8 Å². The van der Waals surface area contributed by atoms with Gasteiger partial charge in [0.15, 0.2) is 5.11 Å². The minimum absolute atomic E-state index is 0.136. The number of carbonyl (C=O) groups excluding carboxylic acids is 1. The zero-order valence-electron chi connectivity index (χ0n) is 14.3. The first kappa shape index (κ1) is 18.5. The first-order valence-corrected chi connectivity index (χ1v) is 8.58. The molecule has 1 heterocycles. The molecule has 1 amide bonds. The molecule has 6 nitrogen and oxygen atoms in total. The molecule has 0 unspecified atom stereocenters. The number of benzene rings is 1. The fraction of sp³-hybridized carbons (Fsp3) is 0.529.